The molecular weight excluding hydrogens is 308 g/mol. The molecule has 0 unspecified atom stereocenters. The van der Waals surface area contributed by atoms with Crippen LogP contribution in [0.2, 0.25) is 0 Å². The quantitative estimate of drug-likeness (QED) is 0.634. The van der Waals surface area contributed by atoms with Gasteiger partial charge in [-0.1, -0.05) is 72.0 Å². The van der Waals surface area contributed by atoms with E-state index in [4.69, 9.17) is 9.47 Å². The van der Waals surface area contributed by atoms with Crippen LogP contribution in [0.25, 0.3) is 10.4 Å². The normalized spacial score (nSPS) is 10.3. The number of carbonyl (C=O) groups excluding carboxylic acids is 1. The molecule has 0 N–H and O–H groups in total. The maximum atomic E-state index is 12.3. The van der Waals surface area contributed by atoms with E-state index in [0.29, 0.717) is 10.6 Å². The molecular formula is C19H16O3S. The number of methoxy groups -OCH3 is 1. The lowest BCUT2D eigenvalue weighted by Crippen LogP contribution is -2.05. The third-order valence-corrected chi connectivity index (χ3v) is 4.52. The first-order chi connectivity index (χ1) is 11.3. The Labute approximate surface area is 139 Å². The number of rotatable bonds is 5. The molecule has 0 aliphatic heterocycles. The first kappa shape index (κ1) is 15.3. The summed E-state index contributed by atoms with van der Waals surface area (Å²) in [6.07, 6.45) is 0. The molecule has 0 saturated carbocycles. The van der Waals surface area contributed by atoms with E-state index >= 15 is 0 Å². The van der Waals surface area contributed by atoms with E-state index in [1.807, 2.05) is 66.7 Å². The SMILES string of the molecule is COc1sc(-c2ccccc2)cc1C(=O)OCc1ccccc1. The second-order valence-corrected chi connectivity index (χ2v) is 5.96. The molecule has 3 rings (SSSR count). The average molecular weight is 324 g/mol. The van der Waals surface area contributed by atoms with E-state index in [1.165, 1.54) is 11.3 Å². The fourth-order valence-corrected chi connectivity index (χ4v) is 3.18. The maximum Gasteiger partial charge on any atom is 0.343 e. The van der Waals surface area contributed by atoms with Gasteiger partial charge in [0.1, 0.15) is 12.2 Å². The molecule has 0 amide bonds. The van der Waals surface area contributed by atoms with Gasteiger partial charge in [0.05, 0.1) is 7.11 Å². The number of benzene rings is 2. The van der Waals surface area contributed by atoms with Crippen molar-refractivity contribution in [3.63, 3.8) is 0 Å². The first-order valence-electron chi connectivity index (χ1n) is 7.22. The van der Waals surface area contributed by atoms with Crippen molar-refractivity contribution in [3.05, 3.63) is 77.9 Å². The average Bonchev–Trinajstić information content (AvgIpc) is 3.06. The van der Waals surface area contributed by atoms with E-state index in [9.17, 15) is 4.79 Å². The van der Waals surface area contributed by atoms with Crippen molar-refractivity contribution in [1.29, 1.82) is 0 Å². The highest BCUT2D eigenvalue weighted by Gasteiger charge is 2.19. The molecule has 1 aromatic heterocycles. The molecule has 1 heterocycles. The first-order valence-corrected chi connectivity index (χ1v) is 8.04. The van der Waals surface area contributed by atoms with Gasteiger partial charge in [0.15, 0.2) is 5.06 Å². The van der Waals surface area contributed by atoms with Crippen LogP contribution in [-0.4, -0.2) is 13.1 Å². The summed E-state index contributed by atoms with van der Waals surface area (Å²) in [4.78, 5) is 13.3. The number of hydrogen-bond donors (Lipinski definition) is 0. The summed E-state index contributed by atoms with van der Waals surface area (Å²) in [5.41, 5.74) is 2.48. The molecule has 3 nitrogen and oxygen atoms in total. The molecule has 0 radical (unpaired) electrons. The van der Waals surface area contributed by atoms with Crippen LogP contribution >= 0.6 is 11.3 Å². The maximum absolute atomic E-state index is 12.3. The summed E-state index contributed by atoms with van der Waals surface area (Å²) in [5, 5.41) is 0.571. The minimum atomic E-state index is -0.371. The number of esters is 1. The smallest absolute Gasteiger partial charge is 0.343 e. The highest BCUT2D eigenvalue weighted by Crippen LogP contribution is 2.37. The van der Waals surface area contributed by atoms with Crippen LogP contribution in [0.1, 0.15) is 15.9 Å². The second kappa shape index (κ2) is 7.11. The van der Waals surface area contributed by atoms with Crippen LogP contribution in [0.5, 0.6) is 5.06 Å². The zero-order valence-corrected chi connectivity index (χ0v) is 13.5. The predicted molar refractivity (Wildman–Crippen MR) is 91.9 cm³/mol. The van der Waals surface area contributed by atoms with Gasteiger partial charge in [-0.15, -0.1) is 0 Å². The summed E-state index contributed by atoms with van der Waals surface area (Å²) in [6.45, 7) is 0.249. The number of carbonyl (C=O) groups is 1. The van der Waals surface area contributed by atoms with Crippen LogP contribution in [0.4, 0.5) is 0 Å². The highest BCUT2D eigenvalue weighted by molar-refractivity contribution is 7.17. The lowest BCUT2D eigenvalue weighted by molar-refractivity contribution is 0.0470. The minimum Gasteiger partial charge on any atom is -0.487 e. The molecule has 23 heavy (non-hydrogen) atoms. The molecule has 2 aromatic carbocycles. The van der Waals surface area contributed by atoms with Gasteiger partial charge in [0, 0.05) is 4.88 Å². The third kappa shape index (κ3) is 3.60. The Bertz CT molecular complexity index is 779. The summed E-state index contributed by atoms with van der Waals surface area (Å²) < 4.78 is 10.7. The molecule has 0 atom stereocenters. The van der Waals surface area contributed by atoms with Crippen LogP contribution in [0.15, 0.2) is 66.7 Å². The number of hydrogen-bond acceptors (Lipinski definition) is 4. The van der Waals surface area contributed by atoms with Gasteiger partial charge in [-0.3, -0.25) is 0 Å². The van der Waals surface area contributed by atoms with Crippen molar-refractivity contribution in [2.24, 2.45) is 0 Å². The molecule has 0 aliphatic rings. The Kier molecular flexibility index (Phi) is 4.74. The number of thiophene rings is 1. The van der Waals surface area contributed by atoms with Crippen LogP contribution in [-0.2, 0) is 11.3 Å². The van der Waals surface area contributed by atoms with Crippen molar-refractivity contribution in [2.45, 2.75) is 6.61 Å². The molecule has 0 spiro atoms. The van der Waals surface area contributed by atoms with Crippen molar-refractivity contribution in [3.8, 4) is 15.5 Å². The molecule has 116 valence electrons. The van der Waals surface area contributed by atoms with Crippen LogP contribution in [0.3, 0.4) is 0 Å². The van der Waals surface area contributed by atoms with Gasteiger partial charge in [0.25, 0.3) is 0 Å². The third-order valence-electron chi connectivity index (χ3n) is 3.37. The molecule has 3 aromatic rings. The van der Waals surface area contributed by atoms with Crippen LogP contribution in [0, 0.1) is 0 Å². The van der Waals surface area contributed by atoms with Crippen molar-refractivity contribution >= 4 is 17.3 Å². The zero-order valence-electron chi connectivity index (χ0n) is 12.7. The molecule has 0 saturated heterocycles. The summed E-state index contributed by atoms with van der Waals surface area (Å²) in [5.74, 6) is -0.371. The van der Waals surface area contributed by atoms with Gasteiger partial charge < -0.3 is 9.47 Å². The van der Waals surface area contributed by atoms with E-state index in [0.717, 1.165) is 16.0 Å². The Hall–Kier alpha value is -2.59. The molecule has 0 bridgehead atoms. The van der Waals surface area contributed by atoms with Gasteiger partial charge in [-0.25, -0.2) is 4.79 Å². The molecule has 0 aliphatic carbocycles. The Morgan fingerprint density at radius 1 is 1.00 bits per heavy atom. The van der Waals surface area contributed by atoms with E-state index in [-0.39, 0.29) is 12.6 Å². The monoisotopic (exact) mass is 324 g/mol. The zero-order chi connectivity index (χ0) is 16.1. The summed E-state index contributed by atoms with van der Waals surface area (Å²) >= 11 is 1.44. The Balaban J connectivity index is 1.79. The van der Waals surface area contributed by atoms with Crippen molar-refractivity contribution in [2.75, 3.05) is 7.11 Å². The van der Waals surface area contributed by atoms with E-state index < -0.39 is 0 Å². The molecule has 4 heteroatoms. The van der Waals surface area contributed by atoms with Gasteiger partial charge in [0.2, 0.25) is 0 Å². The van der Waals surface area contributed by atoms with Gasteiger partial charge in [-0.05, 0) is 17.2 Å². The Morgan fingerprint density at radius 2 is 1.65 bits per heavy atom. The van der Waals surface area contributed by atoms with Gasteiger partial charge >= 0.3 is 5.97 Å². The lowest BCUT2D eigenvalue weighted by Gasteiger charge is -2.05. The summed E-state index contributed by atoms with van der Waals surface area (Å²) in [6, 6.07) is 21.3. The second-order valence-electron chi connectivity index (χ2n) is 4.94. The minimum absolute atomic E-state index is 0.249. The van der Waals surface area contributed by atoms with Crippen molar-refractivity contribution in [1.82, 2.24) is 0 Å². The number of ether oxygens (including phenoxy) is 2. The standard InChI is InChI=1S/C19H16O3S/c1-21-19-16(12-17(23-19)15-10-6-3-7-11-15)18(20)22-13-14-8-4-2-5-9-14/h2-12H,13H2,1H3. The fourth-order valence-electron chi connectivity index (χ4n) is 2.21. The van der Waals surface area contributed by atoms with Crippen LogP contribution < -0.4 is 4.74 Å². The van der Waals surface area contributed by atoms with E-state index in [2.05, 4.69) is 0 Å². The predicted octanol–water partition coefficient (Wildman–Crippen LogP) is 4.78. The van der Waals surface area contributed by atoms with Crippen molar-refractivity contribution < 1.29 is 14.3 Å². The fraction of sp³-hybridized carbons (Fsp3) is 0.105. The highest BCUT2D eigenvalue weighted by atomic mass is 32.1. The largest absolute Gasteiger partial charge is 0.487 e. The topological polar surface area (TPSA) is 35.5 Å². The molecule has 0 fully saturated rings. The summed E-state index contributed by atoms with van der Waals surface area (Å²) in [7, 11) is 1.56. The van der Waals surface area contributed by atoms with E-state index in [1.54, 1.807) is 7.11 Å². The van der Waals surface area contributed by atoms with Gasteiger partial charge in [-0.2, -0.15) is 0 Å². The Morgan fingerprint density at radius 3 is 2.30 bits per heavy atom. The lowest BCUT2D eigenvalue weighted by atomic mass is 10.1.